The van der Waals surface area contributed by atoms with Gasteiger partial charge in [-0.3, -0.25) is 19.7 Å². The van der Waals surface area contributed by atoms with E-state index in [4.69, 9.17) is 17.0 Å². The number of hydrogen-bond acceptors (Lipinski definition) is 6. The molecule has 0 spiro atoms. The quantitative estimate of drug-likeness (QED) is 0.322. The van der Waals surface area contributed by atoms with Gasteiger partial charge >= 0.3 is 5.97 Å². The third-order valence-electron chi connectivity index (χ3n) is 5.03. The molecule has 1 heterocycles. The molecular weight excluding hydrogens is 418 g/mol. The summed E-state index contributed by atoms with van der Waals surface area (Å²) in [4.78, 5) is 37.9. The fraction of sp³-hybridized carbons (Fsp3) is 0.545. The predicted octanol–water partition coefficient (Wildman–Crippen LogP) is 2.41. The minimum absolute atomic E-state index is 0.0983. The molecule has 1 fully saturated rings. The van der Waals surface area contributed by atoms with Crippen LogP contribution in [0.2, 0.25) is 0 Å². The summed E-state index contributed by atoms with van der Waals surface area (Å²) < 4.78 is 10.4. The Morgan fingerprint density at radius 3 is 2.58 bits per heavy atom. The number of ether oxygens (including phenoxy) is 2. The zero-order valence-electron chi connectivity index (χ0n) is 18.1. The molecule has 170 valence electrons. The zero-order valence-corrected chi connectivity index (χ0v) is 19.0. The Bertz CT molecular complexity index is 769. The summed E-state index contributed by atoms with van der Waals surface area (Å²) in [6, 6.07) is 6.01. The van der Waals surface area contributed by atoms with Crippen LogP contribution in [0.1, 0.15) is 55.8 Å². The van der Waals surface area contributed by atoms with Gasteiger partial charge in [-0.2, -0.15) is 0 Å². The van der Waals surface area contributed by atoms with E-state index in [-0.39, 0.29) is 23.3 Å². The summed E-state index contributed by atoms with van der Waals surface area (Å²) in [6.07, 6.45) is 5.69. The fourth-order valence-corrected chi connectivity index (χ4v) is 3.55. The van der Waals surface area contributed by atoms with E-state index in [0.717, 1.165) is 12.8 Å². The number of benzene rings is 1. The molecule has 1 aromatic carbocycles. The van der Waals surface area contributed by atoms with Gasteiger partial charge in [0.2, 0.25) is 5.91 Å². The highest BCUT2D eigenvalue weighted by Crippen LogP contribution is 2.14. The number of methoxy groups -OCH3 is 1. The molecule has 1 saturated heterocycles. The Morgan fingerprint density at radius 1 is 1.19 bits per heavy atom. The average molecular weight is 450 g/mol. The first-order valence-corrected chi connectivity index (χ1v) is 11.1. The summed E-state index contributed by atoms with van der Waals surface area (Å²) in [5.74, 6) is -0.536. The number of rotatable bonds is 10. The molecule has 1 aliphatic rings. The van der Waals surface area contributed by atoms with Crippen molar-refractivity contribution in [3.8, 4) is 5.75 Å². The maximum Gasteiger partial charge on any atom is 0.308 e. The Hall–Kier alpha value is -2.68. The van der Waals surface area contributed by atoms with Gasteiger partial charge < -0.3 is 19.7 Å². The van der Waals surface area contributed by atoms with E-state index in [9.17, 15) is 14.4 Å². The lowest BCUT2D eigenvalue weighted by Gasteiger charge is -2.36. The van der Waals surface area contributed by atoms with Gasteiger partial charge in [0.05, 0.1) is 20.1 Å². The van der Waals surface area contributed by atoms with Crippen molar-refractivity contribution in [2.75, 3.05) is 26.8 Å². The number of nitrogens with one attached hydrogen (secondary N) is 2. The normalized spacial score (nSPS) is 15.7. The van der Waals surface area contributed by atoms with Crippen LogP contribution in [0.15, 0.2) is 24.3 Å². The van der Waals surface area contributed by atoms with Crippen LogP contribution in [0.25, 0.3) is 0 Å². The molecule has 1 aliphatic heterocycles. The van der Waals surface area contributed by atoms with Crippen LogP contribution in [-0.4, -0.2) is 60.6 Å². The van der Waals surface area contributed by atoms with Crippen molar-refractivity contribution in [3.63, 3.8) is 0 Å². The maximum atomic E-state index is 12.6. The Kier molecular flexibility index (Phi) is 10.2. The lowest BCUT2D eigenvalue weighted by molar-refractivity contribution is -0.144. The number of esters is 1. The van der Waals surface area contributed by atoms with Gasteiger partial charge in [-0.15, -0.1) is 0 Å². The monoisotopic (exact) mass is 449 g/mol. The third-order valence-corrected chi connectivity index (χ3v) is 5.37. The van der Waals surface area contributed by atoms with Gasteiger partial charge in [-0.05, 0) is 42.9 Å². The smallest absolute Gasteiger partial charge is 0.308 e. The minimum atomic E-state index is -0.817. The second-order valence-corrected chi connectivity index (χ2v) is 7.71. The summed E-state index contributed by atoms with van der Waals surface area (Å²) in [5, 5.41) is 5.44. The number of carbonyl (C=O) groups is 3. The SMILES string of the molecule is CCCCCCCOc1ccc(C(=O)NC(=S)N2CCNC(=O)C2CC(=O)OC)cc1. The van der Waals surface area contributed by atoms with Crippen LogP contribution < -0.4 is 15.4 Å². The first kappa shape index (κ1) is 24.6. The Labute approximate surface area is 188 Å². The summed E-state index contributed by atoms with van der Waals surface area (Å²) in [6.45, 7) is 3.59. The molecule has 2 amide bonds. The first-order valence-electron chi connectivity index (χ1n) is 10.7. The Balaban J connectivity index is 1.87. The number of thiocarbonyl (C=S) groups is 1. The molecule has 0 radical (unpaired) electrons. The molecule has 0 saturated carbocycles. The molecule has 1 unspecified atom stereocenters. The van der Waals surface area contributed by atoms with Gasteiger partial charge in [0.25, 0.3) is 5.91 Å². The number of nitrogens with zero attached hydrogens (tertiary/aromatic N) is 1. The van der Waals surface area contributed by atoms with E-state index >= 15 is 0 Å². The van der Waals surface area contributed by atoms with Gasteiger partial charge in [0.1, 0.15) is 11.8 Å². The van der Waals surface area contributed by atoms with Crippen LogP contribution in [0.3, 0.4) is 0 Å². The van der Waals surface area contributed by atoms with Crippen molar-refractivity contribution < 1.29 is 23.9 Å². The van der Waals surface area contributed by atoms with Gasteiger partial charge in [0, 0.05) is 18.7 Å². The third kappa shape index (κ3) is 7.82. The largest absolute Gasteiger partial charge is 0.494 e. The van der Waals surface area contributed by atoms with E-state index in [1.807, 2.05) is 0 Å². The average Bonchev–Trinajstić information content (AvgIpc) is 2.77. The van der Waals surface area contributed by atoms with E-state index in [1.54, 1.807) is 29.2 Å². The highest BCUT2D eigenvalue weighted by Gasteiger charge is 2.34. The number of piperazine rings is 1. The molecule has 9 heteroatoms. The second-order valence-electron chi connectivity index (χ2n) is 7.33. The Morgan fingerprint density at radius 2 is 1.90 bits per heavy atom. The number of amides is 2. The molecular formula is C22H31N3O5S. The van der Waals surface area contributed by atoms with Crippen LogP contribution in [0.5, 0.6) is 5.75 Å². The predicted molar refractivity (Wildman–Crippen MR) is 121 cm³/mol. The minimum Gasteiger partial charge on any atom is -0.494 e. The topological polar surface area (TPSA) is 97.0 Å². The van der Waals surface area contributed by atoms with Crippen molar-refractivity contribution >= 4 is 35.1 Å². The van der Waals surface area contributed by atoms with Crippen LogP contribution in [0, 0.1) is 0 Å². The lowest BCUT2D eigenvalue weighted by atomic mass is 10.1. The van der Waals surface area contributed by atoms with E-state index in [2.05, 4.69) is 22.3 Å². The first-order chi connectivity index (χ1) is 15.0. The molecule has 0 aliphatic carbocycles. The van der Waals surface area contributed by atoms with Crippen molar-refractivity contribution in [2.24, 2.45) is 0 Å². The molecule has 2 rings (SSSR count). The zero-order chi connectivity index (χ0) is 22.6. The molecule has 2 N–H and O–H groups in total. The van der Waals surface area contributed by atoms with Crippen LogP contribution in [-0.2, 0) is 14.3 Å². The second kappa shape index (κ2) is 12.9. The maximum absolute atomic E-state index is 12.6. The highest BCUT2D eigenvalue weighted by molar-refractivity contribution is 7.80. The van der Waals surface area contributed by atoms with E-state index in [0.29, 0.717) is 31.0 Å². The summed E-state index contributed by atoms with van der Waals surface area (Å²) >= 11 is 5.33. The van der Waals surface area contributed by atoms with Crippen molar-refractivity contribution in [1.29, 1.82) is 0 Å². The number of hydrogen-bond donors (Lipinski definition) is 2. The van der Waals surface area contributed by atoms with E-state index in [1.165, 1.54) is 26.4 Å². The highest BCUT2D eigenvalue weighted by atomic mass is 32.1. The molecule has 0 aromatic heterocycles. The summed E-state index contributed by atoms with van der Waals surface area (Å²) in [7, 11) is 1.26. The van der Waals surface area contributed by atoms with Crippen molar-refractivity contribution in [2.45, 2.75) is 51.5 Å². The number of carbonyl (C=O) groups excluding carboxylic acids is 3. The molecule has 31 heavy (non-hydrogen) atoms. The fourth-order valence-electron chi connectivity index (χ4n) is 3.24. The van der Waals surface area contributed by atoms with Gasteiger partial charge in [-0.1, -0.05) is 32.6 Å². The molecule has 0 bridgehead atoms. The van der Waals surface area contributed by atoms with E-state index < -0.39 is 12.0 Å². The van der Waals surface area contributed by atoms with Crippen LogP contribution in [0.4, 0.5) is 0 Å². The molecule has 1 aromatic rings. The summed E-state index contributed by atoms with van der Waals surface area (Å²) in [5.41, 5.74) is 0.420. The van der Waals surface area contributed by atoms with Gasteiger partial charge in [-0.25, -0.2) is 0 Å². The van der Waals surface area contributed by atoms with Crippen molar-refractivity contribution in [1.82, 2.24) is 15.5 Å². The molecule has 1 atom stereocenters. The standard InChI is InChI=1S/C22H31N3O5S/c1-3-4-5-6-7-14-30-17-10-8-16(9-11-17)20(27)24-22(31)25-13-12-23-21(28)18(25)15-19(26)29-2/h8-11,18H,3-7,12-15H2,1-2H3,(H,23,28)(H,24,27,31). The van der Waals surface area contributed by atoms with Crippen LogP contribution >= 0.6 is 12.2 Å². The molecule has 8 nitrogen and oxygen atoms in total. The lowest BCUT2D eigenvalue weighted by Crippen LogP contribution is -2.60. The van der Waals surface area contributed by atoms with Gasteiger partial charge in [0.15, 0.2) is 5.11 Å². The van der Waals surface area contributed by atoms with Crippen molar-refractivity contribution in [3.05, 3.63) is 29.8 Å². The number of unbranched alkanes of at least 4 members (excludes halogenated alkanes) is 4.